The number of aromatic nitrogens is 8. The van der Waals surface area contributed by atoms with Crippen molar-refractivity contribution < 1.29 is 128 Å². The van der Waals surface area contributed by atoms with Gasteiger partial charge >= 0.3 is 7.82 Å². The fourth-order valence-electron chi connectivity index (χ4n) is 5.04. The van der Waals surface area contributed by atoms with Gasteiger partial charge in [-0.2, -0.15) is 0 Å². The smallest absolute Gasteiger partial charge is 0.469 e. The van der Waals surface area contributed by atoms with E-state index in [2.05, 4.69) is 64.8 Å². The van der Waals surface area contributed by atoms with Gasteiger partial charge in [0.25, 0.3) is 7.82 Å². The Bertz CT molecular complexity index is 1830. The molecule has 21 nitrogen and oxygen atoms in total. The molecule has 7 rings (SSSR count). The van der Waals surface area contributed by atoms with Gasteiger partial charge in [-0.15, -0.1) is 13.2 Å². The molecule has 3 saturated heterocycles. The third-order valence-electron chi connectivity index (χ3n) is 7.22. The van der Waals surface area contributed by atoms with Crippen LogP contribution in [0.1, 0.15) is 23.8 Å². The quantitative estimate of drug-likeness (QED) is 0.0870. The van der Waals surface area contributed by atoms with E-state index in [0.29, 0.717) is 33.7 Å². The molecule has 0 spiro atoms. The first-order valence-corrected chi connectivity index (χ1v) is 16.6. The zero-order valence-electron chi connectivity index (χ0n) is 25.7. The summed E-state index contributed by atoms with van der Waals surface area (Å²) in [4.78, 5) is 52.8. The zero-order valence-corrected chi connectivity index (χ0v) is 33.2. The average Bonchev–Trinajstić information content (AvgIpc) is 3.79. The van der Waals surface area contributed by atoms with Crippen LogP contribution in [0.2, 0.25) is 0 Å². The first-order chi connectivity index (χ1) is 22.2. The standard InChI is InChI=1S/C11H14N4O7P.C11H12N4O6P.C2H4.2Y/c1-5-7-10(13-3-12-5)15(4-14-7)11-9(17)8(16)6(22-11)2-21-23(18,19)20;1-5-7-10(13-3-12-5)15(4-14-7)11-8(16)9-6(20-11)2-19-22(17,18)21-9;1-2;;/h4,6,8-9,11,16-17H,2H2,1H3,(H2,18,19,20);4,6,8-9,11,16H,2H2,1H3,(H,17,18);1-2H2;;/q2*-1;;;/p-1/t2*6-,8-,9-,11-;;;/m11.../s1. The van der Waals surface area contributed by atoms with Gasteiger partial charge in [0.1, 0.15) is 36.6 Å². The molecule has 262 valence electrons. The molecule has 2 radical (unpaired) electrons. The van der Waals surface area contributed by atoms with Gasteiger partial charge in [0.15, 0.2) is 12.5 Å². The number of rotatable bonds is 5. The molecular formula is C24H29N8O13P2Y2-3. The average molecular weight is 877 g/mol. The minimum atomic E-state index is -4.71. The molecule has 5 N–H and O–H groups in total. The van der Waals surface area contributed by atoms with Gasteiger partial charge in [-0.25, -0.2) is 4.57 Å². The van der Waals surface area contributed by atoms with E-state index in [4.69, 9.17) is 23.8 Å². The van der Waals surface area contributed by atoms with Crippen LogP contribution in [0.25, 0.3) is 22.3 Å². The van der Waals surface area contributed by atoms with Crippen LogP contribution in [0.15, 0.2) is 25.8 Å². The van der Waals surface area contributed by atoms with Gasteiger partial charge in [-0.05, 0) is 11.4 Å². The molecule has 49 heavy (non-hydrogen) atoms. The second-order valence-corrected chi connectivity index (χ2v) is 12.8. The number of ether oxygens (including phenoxy) is 2. The molecule has 3 aliphatic rings. The number of hydrogen-bond acceptors (Lipinski definition) is 17. The topological polar surface area (TPSA) is 292 Å². The Morgan fingerprint density at radius 2 is 1.45 bits per heavy atom. The molecule has 25 heteroatoms. The van der Waals surface area contributed by atoms with E-state index in [1.807, 2.05) is 0 Å². The molecule has 4 aromatic heterocycles. The fraction of sp³-hybridized carbons (Fsp3) is 0.500. The summed E-state index contributed by atoms with van der Waals surface area (Å²) in [7, 11) is -9.11. The maximum Gasteiger partial charge on any atom is 0.469 e. The summed E-state index contributed by atoms with van der Waals surface area (Å²) in [5.41, 5.74) is 3.05. The summed E-state index contributed by atoms with van der Waals surface area (Å²) in [6, 6.07) is 0. The Morgan fingerprint density at radius 1 is 0.939 bits per heavy atom. The van der Waals surface area contributed by atoms with Crippen LogP contribution in [-0.2, 0) is 97.6 Å². The van der Waals surface area contributed by atoms with Gasteiger partial charge in [-0.3, -0.25) is 19.1 Å². The summed E-state index contributed by atoms with van der Waals surface area (Å²) < 4.78 is 49.8. The molecule has 0 amide bonds. The van der Waals surface area contributed by atoms with Gasteiger partial charge in [0.05, 0.1) is 37.2 Å². The number of hydrogen-bond donors (Lipinski definition) is 5. The number of fused-ring (bicyclic) bond motifs is 3. The number of aryl methyl sites for hydroxylation is 2. The summed E-state index contributed by atoms with van der Waals surface area (Å²) in [5, 5.41) is 30.4. The molecule has 7 heterocycles. The number of phosphoric acid groups is 2. The van der Waals surface area contributed by atoms with Crippen molar-refractivity contribution in [2.45, 2.75) is 62.9 Å². The summed E-state index contributed by atoms with van der Waals surface area (Å²) in [5.74, 6) is 0. The van der Waals surface area contributed by atoms with Crippen LogP contribution < -0.4 is 4.89 Å². The van der Waals surface area contributed by atoms with E-state index < -0.39 is 71.3 Å². The Labute approximate surface area is 328 Å². The Hall–Kier alpha value is -0.932. The van der Waals surface area contributed by atoms with Crippen molar-refractivity contribution in [1.29, 1.82) is 0 Å². The van der Waals surface area contributed by atoms with Crippen LogP contribution >= 0.6 is 15.6 Å². The Balaban J connectivity index is 0.000000243. The van der Waals surface area contributed by atoms with Crippen molar-refractivity contribution in [3.63, 3.8) is 0 Å². The third-order valence-corrected chi connectivity index (χ3v) is 8.67. The summed E-state index contributed by atoms with van der Waals surface area (Å²) >= 11 is 0. The Morgan fingerprint density at radius 3 is 1.96 bits per heavy atom. The van der Waals surface area contributed by atoms with E-state index in [1.54, 1.807) is 13.8 Å². The van der Waals surface area contributed by atoms with Crippen LogP contribution in [0.4, 0.5) is 0 Å². The van der Waals surface area contributed by atoms with Gasteiger partial charge in [-0.1, -0.05) is 13.8 Å². The number of imidazole rings is 2. The molecule has 0 saturated carbocycles. The van der Waals surface area contributed by atoms with Gasteiger partial charge < -0.3 is 77.6 Å². The minimum absolute atomic E-state index is 0. The van der Waals surface area contributed by atoms with Crippen molar-refractivity contribution in [3.05, 3.63) is 49.9 Å². The van der Waals surface area contributed by atoms with Crippen LogP contribution in [0, 0.1) is 26.5 Å². The SMILES string of the molecule is C=C.Cc1n[c-]nc2c1ncn2[C@@H]1O[C@@H]2COP(=O)([O-])O[C@H]2[C@H]1O.Cc1n[c-]nc2c1ncn2[C@@H]1O[C@H](COP(=O)(O)O)[C@@H](O)[C@H]1O.[Y].[Y]. The number of aliphatic hydroxyl groups is 3. The minimum Gasteiger partial charge on any atom is -0.756 e. The van der Waals surface area contributed by atoms with Gasteiger partial charge in [0, 0.05) is 89.1 Å². The van der Waals surface area contributed by atoms with E-state index in [-0.39, 0.29) is 72.0 Å². The number of aliphatic hydroxyl groups excluding tert-OH is 3. The van der Waals surface area contributed by atoms with Crippen LogP contribution in [-0.4, -0.2) is 114 Å². The summed E-state index contributed by atoms with van der Waals surface area (Å²) in [6.07, 6.45) is -0.950. The van der Waals surface area contributed by atoms with E-state index in [0.717, 1.165) is 0 Å². The van der Waals surface area contributed by atoms with Crippen molar-refractivity contribution in [2.24, 2.45) is 0 Å². The molecule has 0 aliphatic carbocycles. The maximum atomic E-state index is 11.4. The van der Waals surface area contributed by atoms with Crippen molar-refractivity contribution >= 4 is 38.0 Å². The second-order valence-electron chi connectivity index (χ2n) is 10.2. The van der Waals surface area contributed by atoms with Crippen molar-refractivity contribution in [2.75, 3.05) is 13.2 Å². The predicted molar refractivity (Wildman–Crippen MR) is 151 cm³/mol. The molecule has 0 bridgehead atoms. The first kappa shape index (κ1) is 42.5. The van der Waals surface area contributed by atoms with Crippen LogP contribution in [0.5, 0.6) is 0 Å². The third kappa shape index (κ3) is 9.18. The fourth-order valence-corrected chi connectivity index (χ4v) is 6.33. The first-order valence-electron chi connectivity index (χ1n) is 13.6. The van der Waals surface area contributed by atoms with Gasteiger partial charge in [0.2, 0.25) is 0 Å². The second kappa shape index (κ2) is 17.3. The molecule has 9 atom stereocenters. The van der Waals surface area contributed by atoms with Crippen molar-refractivity contribution in [3.8, 4) is 0 Å². The normalized spacial score (nSPS) is 30.7. The van der Waals surface area contributed by atoms with E-state index in [9.17, 15) is 29.3 Å². The molecular weight excluding hydrogens is 848 g/mol. The number of nitrogens with zero attached hydrogens (tertiary/aromatic N) is 8. The molecule has 3 aliphatic heterocycles. The molecule has 1 unspecified atom stereocenters. The van der Waals surface area contributed by atoms with Crippen molar-refractivity contribution in [1.82, 2.24) is 39.0 Å². The molecule has 3 fully saturated rings. The van der Waals surface area contributed by atoms with Crippen LogP contribution in [0.3, 0.4) is 0 Å². The molecule has 4 aromatic rings. The van der Waals surface area contributed by atoms with E-state index in [1.165, 1.54) is 21.8 Å². The maximum absolute atomic E-state index is 11.4. The monoisotopic (exact) mass is 877 g/mol. The molecule has 0 aromatic carbocycles. The van der Waals surface area contributed by atoms with E-state index >= 15 is 0 Å². The zero-order chi connectivity index (χ0) is 34.3. The predicted octanol–water partition coefficient (Wildman–Crippen LogP) is -1.46. The number of phosphoric ester groups is 2. The largest absolute Gasteiger partial charge is 0.756 e. The Kier molecular flexibility index (Phi) is 15.0. The summed E-state index contributed by atoms with van der Waals surface area (Å²) in [6.45, 7) is 8.70.